The molecule has 5 rings (SSSR count). The molecule has 1 amide bonds. The third-order valence-corrected chi connectivity index (χ3v) is 9.51. The van der Waals surface area contributed by atoms with E-state index in [-0.39, 0.29) is 24.8 Å². The van der Waals surface area contributed by atoms with Gasteiger partial charge in [0.15, 0.2) is 5.65 Å². The number of aryl methyl sites for hydroxylation is 1. The Balaban J connectivity index is 1.36. The van der Waals surface area contributed by atoms with Crippen LogP contribution < -0.4 is 10.6 Å². The molecule has 1 aromatic carbocycles. The first-order chi connectivity index (χ1) is 20.6. The highest BCUT2D eigenvalue weighted by Gasteiger charge is 2.31. The number of hydrogen-bond donors (Lipinski definition) is 2. The zero-order valence-electron chi connectivity index (χ0n) is 25.5. The van der Waals surface area contributed by atoms with E-state index in [0.29, 0.717) is 47.7 Å². The second-order valence-corrected chi connectivity index (χ2v) is 18.4. The predicted octanol–water partition coefficient (Wildman–Crippen LogP) is 6.48. The monoisotopic (exact) mass is 624 g/mol. The first-order valence-electron chi connectivity index (χ1n) is 14.7. The Morgan fingerprint density at radius 2 is 1.93 bits per heavy atom. The molecule has 1 aliphatic rings. The molecule has 13 heteroatoms. The normalized spacial score (nSPS) is 17.3. The number of piperidine rings is 1. The number of amides is 1. The molecule has 3 aromatic heterocycles. The van der Waals surface area contributed by atoms with Gasteiger partial charge >= 0.3 is 6.09 Å². The van der Waals surface area contributed by atoms with Gasteiger partial charge in [-0.05, 0) is 31.4 Å². The van der Waals surface area contributed by atoms with E-state index in [4.69, 9.17) is 31.0 Å². The van der Waals surface area contributed by atoms with Gasteiger partial charge < -0.3 is 29.6 Å². The lowest BCUT2D eigenvalue weighted by Crippen LogP contribution is -2.49. The average Bonchev–Trinajstić information content (AvgIpc) is 3.52. The fourth-order valence-corrected chi connectivity index (χ4v) is 6.08. The summed E-state index contributed by atoms with van der Waals surface area (Å²) in [6, 6.07) is 10.8. The number of nitrogens with zero attached hydrogens (tertiary/aromatic N) is 6. The standard InChI is InChI=1S/C30H41ClN8O3Si/c1-21-11-12-23(17-39(21)30(40)42-19-22-9-7-6-8-10-22)33-27-26-25(31)18-38(20-41-13-14-43(3,4)5)28(26)36-29(35-27)34-24-15-32-37(2)16-24/h6-10,15-16,18,21,23H,11-14,17,19-20H2,1-5H3,(H2,33,34,35,36)/t21-,23+/m0/s1. The number of ether oxygens (including phenoxy) is 2. The average molecular weight is 625 g/mol. The van der Waals surface area contributed by atoms with Crippen LogP contribution in [0, 0.1) is 0 Å². The summed E-state index contributed by atoms with van der Waals surface area (Å²) in [5.74, 6) is 1.00. The van der Waals surface area contributed by atoms with Gasteiger partial charge in [0.25, 0.3) is 0 Å². The van der Waals surface area contributed by atoms with Crippen LogP contribution in [0.3, 0.4) is 0 Å². The number of nitrogens with one attached hydrogen (secondary N) is 2. The molecule has 2 atom stereocenters. The molecule has 0 radical (unpaired) electrons. The van der Waals surface area contributed by atoms with Crippen LogP contribution in [0.1, 0.15) is 25.3 Å². The summed E-state index contributed by atoms with van der Waals surface area (Å²) in [5, 5.41) is 12.3. The molecule has 0 aliphatic carbocycles. The zero-order valence-corrected chi connectivity index (χ0v) is 27.3. The van der Waals surface area contributed by atoms with Crippen LogP contribution in [0.25, 0.3) is 11.0 Å². The van der Waals surface area contributed by atoms with Gasteiger partial charge in [0.2, 0.25) is 5.95 Å². The fourth-order valence-electron chi connectivity index (χ4n) is 5.03. The van der Waals surface area contributed by atoms with E-state index in [0.717, 1.165) is 30.1 Å². The van der Waals surface area contributed by atoms with Gasteiger partial charge in [-0.25, -0.2) is 4.79 Å². The van der Waals surface area contributed by atoms with Crippen molar-refractivity contribution in [1.29, 1.82) is 0 Å². The van der Waals surface area contributed by atoms with Crippen LogP contribution in [0.2, 0.25) is 30.7 Å². The summed E-state index contributed by atoms with van der Waals surface area (Å²) in [6.45, 7) is 10.8. The third kappa shape index (κ3) is 8.06. The maximum Gasteiger partial charge on any atom is 0.410 e. The van der Waals surface area contributed by atoms with Crippen molar-refractivity contribution >= 4 is 54.3 Å². The summed E-state index contributed by atoms with van der Waals surface area (Å²) >= 11 is 6.80. The Bertz CT molecular complexity index is 1540. The van der Waals surface area contributed by atoms with Gasteiger partial charge in [-0.2, -0.15) is 15.1 Å². The van der Waals surface area contributed by atoms with Crippen LogP contribution in [-0.2, 0) is 29.9 Å². The molecule has 0 saturated carbocycles. The van der Waals surface area contributed by atoms with E-state index in [1.807, 2.05) is 54.3 Å². The summed E-state index contributed by atoms with van der Waals surface area (Å²) in [7, 11) is 0.632. The number of aromatic nitrogens is 5. The Morgan fingerprint density at radius 3 is 2.65 bits per heavy atom. The van der Waals surface area contributed by atoms with Gasteiger partial charge in [0.05, 0.1) is 22.3 Å². The van der Waals surface area contributed by atoms with Crippen LogP contribution in [0.5, 0.6) is 0 Å². The van der Waals surface area contributed by atoms with Crippen molar-refractivity contribution in [1.82, 2.24) is 29.2 Å². The molecule has 1 saturated heterocycles. The second-order valence-electron chi connectivity index (χ2n) is 12.4. The quantitative estimate of drug-likeness (QED) is 0.144. The lowest BCUT2D eigenvalue weighted by molar-refractivity contribution is 0.0696. The minimum Gasteiger partial charge on any atom is -0.445 e. The van der Waals surface area contributed by atoms with E-state index in [2.05, 4.69) is 42.3 Å². The maximum absolute atomic E-state index is 13.1. The Hall–Kier alpha value is -3.61. The number of carbonyl (C=O) groups excluding carboxylic acids is 1. The highest BCUT2D eigenvalue weighted by molar-refractivity contribution is 6.76. The third-order valence-electron chi connectivity index (χ3n) is 7.52. The SMILES string of the molecule is C[C@H]1CC[C@@H](Nc2nc(Nc3cnn(C)c3)nc3c2c(Cl)cn3COCC[Si](C)(C)C)CN1C(=O)OCc1ccccc1. The minimum atomic E-state index is -1.22. The molecule has 4 aromatic rings. The largest absolute Gasteiger partial charge is 0.445 e. The number of likely N-dealkylation sites (tertiary alicyclic amines) is 1. The molecule has 0 unspecified atom stereocenters. The van der Waals surface area contributed by atoms with Crippen LogP contribution >= 0.6 is 11.6 Å². The molecular weight excluding hydrogens is 584 g/mol. The lowest BCUT2D eigenvalue weighted by atomic mass is 10.00. The summed E-state index contributed by atoms with van der Waals surface area (Å²) < 4.78 is 15.3. The molecule has 4 heterocycles. The molecule has 43 heavy (non-hydrogen) atoms. The lowest BCUT2D eigenvalue weighted by Gasteiger charge is -2.37. The Labute approximate surface area is 258 Å². The second kappa shape index (κ2) is 13.4. The van der Waals surface area contributed by atoms with Crippen LogP contribution in [-0.4, -0.2) is 68.6 Å². The molecule has 230 valence electrons. The van der Waals surface area contributed by atoms with E-state index in [1.165, 1.54) is 0 Å². The molecule has 11 nitrogen and oxygen atoms in total. The Morgan fingerprint density at radius 1 is 1.14 bits per heavy atom. The van der Waals surface area contributed by atoms with Gasteiger partial charge in [-0.3, -0.25) is 4.68 Å². The van der Waals surface area contributed by atoms with Crippen LogP contribution in [0.4, 0.5) is 22.2 Å². The first kappa shape index (κ1) is 30.8. The van der Waals surface area contributed by atoms with Crippen molar-refractivity contribution in [3.63, 3.8) is 0 Å². The van der Waals surface area contributed by atoms with Crippen LogP contribution in [0.15, 0.2) is 48.9 Å². The number of benzene rings is 1. The summed E-state index contributed by atoms with van der Waals surface area (Å²) in [6.07, 6.45) is 6.77. The van der Waals surface area contributed by atoms with Gasteiger partial charge in [0.1, 0.15) is 19.2 Å². The number of carbonyl (C=O) groups is 1. The topological polar surface area (TPSA) is 111 Å². The van der Waals surface area contributed by atoms with Crippen molar-refractivity contribution in [3.05, 3.63) is 59.5 Å². The molecule has 0 bridgehead atoms. The van der Waals surface area contributed by atoms with E-state index in [1.54, 1.807) is 15.8 Å². The highest BCUT2D eigenvalue weighted by atomic mass is 35.5. The predicted molar refractivity (Wildman–Crippen MR) is 173 cm³/mol. The van der Waals surface area contributed by atoms with Gasteiger partial charge in [0, 0.05) is 52.8 Å². The number of fused-ring (bicyclic) bond motifs is 1. The Kier molecular flexibility index (Phi) is 9.58. The molecule has 1 aliphatic heterocycles. The van der Waals surface area contributed by atoms with Crippen molar-refractivity contribution in [2.24, 2.45) is 7.05 Å². The number of hydrogen-bond acceptors (Lipinski definition) is 8. The van der Waals surface area contributed by atoms with Gasteiger partial charge in [-0.15, -0.1) is 0 Å². The number of halogens is 1. The molecule has 1 fully saturated rings. The highest BCUT2D eigenvalue weighted by Crippen LogP contribution is 2.33. The zero-order chi connectivity index (χ0) is 30.6. The maximum atomic E-state index is 13.1. The van der Waals surface area contributed by atoms with E-state index < -0.39 is 8.07 Å². The van der Waals surface area contributed by atoms with Crippen molar-refractivity contribution in [2.75, 3.05) is 23.8 Å². The van der Waals surface area contributed by atoms with Crippen molar-refractivity contribution < 1.29 is 14.3 Å². The van der Waals surface area contributed by atoms with Gasteiger partial charge in [-0.1, -0.05) is 61.6 Å². The molecular formula is C30H41ClN8O3Si. The molecule has 0 spiro atoms. The fraction of sp³-hybridized carbons (Fsp3) is 0.467. The minimum absolute atomic E-state index is 0.0581. The number of anilines is 3. The van der Waals surface area contributed by atoms with E-state index >= 15 is 0 Å². The first-order valence-corrected chi connectivity index (χ1v) is 18.8. The number of rotatable bonds is 11. The summed E-state index contributed by atoms with van der Waals surface area (Å²) in [4.78, 5) is 24.5. The molecule has 2 N–H and O–H groups in total. The smallest absolute Gasteiger partial charge is 0.410 e. The van der Waals surface area contributed by atoms with Crippen molar-refractivity contribution in [3.8, 4) is 0 Å². The van der Waals surface area contributed by atoms with E-state index in [9.17, 15) is 4.79 Å². The summed E-state index contributed by atoms with van der Waals surface area (Å²) in [5.41, 5.74) is 2.38. The van der Waals surface area contributed by atoms with Crippen molar-refractivity contribution in [2.45, 2.75) is 70.9 Å².